The molecule has 2 heterocycles. The van der Waals surface area contributed by atoms with E-state index in [0.29, 0.717) is 22.7 Å². The average Bonchev–Trinajstić information content (AvgIpc) is 2.88. The molecule has 0 aliphatic heterocycles. The van der Waals surface area contributed by atoms with Crippen molar-refractivity contribution in [3.63, 3.8) is 0 Å². The fourth-order valence-corrected chi connectivity index (χ4v) is 2.17. The minimum Gasteiger partial charge on any atom is -0.461 e. The number of ether oxygens (including phenoxy) is 1. The maximum atomic E-state index is 11.5. The Kier molecular flexibility index (Phi) is 3.65. The van der Waals surface area contributed by atoms with Crippen LogP contribution in [0.15, 0.2) is 23.8 Å². The minimum atomic E-state index is -0.456. The molecule has 0 aliphatic carbocycles. The Morgan fingerprint density at radius 3 is 3.17 bits per heavy atom. The average molecular weight is 259 g/mol. The molecular formula is C12H9N3O2S. The first kappa shape index (κ1) is 12.2. The van der Waals surface area contributed by atoms with E-state index in [1.165, 1.54) is 11.3 Å². The molecular weight excluding hydrogens is 250 g/mol. The summed E-state index contributed by atoms with van der Waals surface area (Å²) < 4.78 is 4.86. The van der Waals surface area contributed by atoms with Crippen LogP contribution in [0.2, 0.25) is 0 Å². The fourth-order valence-electron chi connectivity index (χ4n) is 1.36. The van der Waals surface area contributed by atoms with E-state index in [1.807, 2.05) is 0 Å². The number of carbonyl (C=O) groups excluding carboxylic acids is 1. The summed E-state index contributed by atoms with van der Waals surface area (Å²) in [6, 6.07) is 3.68. The summed E-state index contributed by atoms with van der Waals surface area (Å²) in [6.45, 7) is 2.04. The predicted octanol–water partition coefficient (Wildman–Crippen LogP) is 2.25. The van der Waals surface area contributed by atoms with Crippen molar-refractivity contribution in [1.29, 1.82) is 5.26 Å². The minimum absolute atomic E-state index is 0.254. The summed E-state index contributed by atoms with van der Waals surface area (Å²) in [5.74, 6) is -0.456. The Balaban J connectivity index is 2.36. The number of nitrogens with zero attached hydrogens (tertiary/aromatic N) is 3. The van der Waals surface area contributed by atoms with Crippen molar-refractivity contribution in [2.45, 2.75) is 6.92 Å². The van der Waals surface area contributed by atoms with Gasteiger partial charge in [-0.05, 0) is 13.0 Å². The molecule has 0 aromatic carbocycles. The molecule has 0 fully saturated rings. The number of pyridine rings is 1. The van der Waals surface area contributed by atoms with Gasteiger partial charge < -0.3 is 4.74 Å². The van der Waals surface area contributed by atoms with E-state index < -0.39 is 5.97 Å². The number of carbonyl (C=O) groups is 1. The molecule has 2 aromatic rings. The number of nitriles is 1. The molecule has 6 heteroatoms. The zero-order chi connectivity index (χ0) is 13.0. The molecule has 90 valence electrons. The largest absolute Gasteiger partial charge is 0.461 e. The molecule has 0 atom stereocenters. The van der Waals surface area contributed by atoms with Crippen LogP contribution in [0.3, 0.4) is 0 Å². The second-order valence-corrected chi connectivity index (χ2v) is 4.15. The Bertz CT molecular complexity index is 616. The zero-order valence-electron chi connectivity index (χ0n) is 9.58. The molecule has 0 spiro atoms. The normalized spacial score (nSPS) is 9.78. The molecule has 0 bridgehead atoms. The van der Waals surface area contributed by atoms with Gasteiger partial charge in [-0.25, -0.2) is 9.78 Å². The van der Waals surface area contributed by atoms with E-state index in [4.69, 9.17) is 10.00 Å². The van der Waals surface area contributed by atoms with Crippen molar-refractivity contribution in [1.82, 2.24) is 9.97 Å². The fraction of sp³-hybridized carbons (Fsp3) is 0.167. The smallest absolute Gasteiger partial charge is 0.357 e. The maximum Gasteiger partial charge on any atom is 0.357 e. The lowest BCUT2D eigenvalue weighted by Crippen LogP contribution is -2.04. The van der Waals surface area contributed by atoms with E-state index in [1.54, 1.807) is 30.8 Å². The van der Waals surface area contributed by atoms with E-state index >= 15 is 0 Å². The highest BCUT2D eigenvalue weighted by Crippen LogP contribution is 2.26. The van der Waals surface area contributed by atoms with Crippen molar-refractivity contribution < 1.29 is 9.53 Å². The number of hydrogen-bond donors (Lipinski definition) is 0. The van der Waals surface area contributed by atoms with Crippen LogP contribution in [-0.2, 0) is 4.74 Å². The van der Waals surface area contributed by atoms with Crippen LogP contribution in [0.4, 0.5) is 0 Å². The first-order valence-electron chi connectivity index (χ1n) is 5.23. The Morgan fingerprint density at radius 1 is 1.61 bits per heavy atom. The predicted molar refractivity (Wildman–Crippen MR) is 66.0 cm³/mol. The Morgan fingerprint density at radius 2 is 2.44 bits per heavy atom. The molecule has 0 N–H and O–H groups in total. The van der Waals surface area contributed by atoms with E-state index in [-0.39, 0.29) is 5.69 Å². The Hall–Kier alpha value is -2.26. The highest BCUT2D eigenvalue weighted by atomic mass is 32.1. The van der Waals surface area contributed by atoms with Crippen molar-refractivity contribution in [2.75, 3.05) is 6.61 Å². The standard InChI is InChI=1S/C12H9N3O2S/c1-2-17-12(16)10-7-18-11(15-10)9-6-14-4-3-8(9)5-13/h3-4,6-7H,2H2,1H3. The van der Waals surface area contributed by atoms with Crippen LogP contribution < -0.4 is 0 Å². The second-order valence-electron chi connectivity index (χ2n) is 3.29. The first-order chi connectivity index (χ1) is 8.76. The summed E-state index contributed by atoms with van der Waals surface area (Å²) >= 11 is 1.28. The molecule has 0 radical (unpaired) electrons. The van der Waals surface area contributed by atoms with E-state index in [9.17, 15) is 4.79 Å². The second kappa shape index (κ2) is 5.38. The van der Waals surface area contributed by atoms with Crippen LogP contribution in [0.25, 0.3) is 10.6 Å². The summed E-state index contributed by atoms with van der Waals surface area (Å²) in [5, 5.41) is 11.2. The molecule has 0 unspecified atom stereocenters. The lowest BCUT2D eigenvalue weighted by Gasteiger charge is -1.98. The SMILES string of the molecule is CCOC(=O)c1csc(-c2cnccc2C#N)n1. The lowest BCUT2D eigenvalue weighted by atomic mass is 10.2. The zero-order valence-corrected chi connectivity index (χ0v) is 10.4. The molecule has 0 aliphatic rings. The number of esters is 1. The summed E-state index contributed by atoms with van der Waals surface area (Å²) in [6.07, 6.45) is 3.11. The van der Waals surface area contributed by atoms with Crippen molar-refractivity contribution in [3.8, 4) is 16.6 Å². The Labute approximate surface area is 108 Å². The van der Waals surface area contributed by atoms with Gasteiger partial charge in [-0.15, -0.1) is 11.3 Å². The van der Waals surface area contributed by atoms with Crippen molar-refractivity contribution in [2.24, 2.45) is 0 Å². The third-order valence-corrected chi connectivity index (χ3v) is 3.04. The number of rotatable bonds is 3. The van der Waals surface area contributed by atoms with E-state index in [2.05, 4.69) is 16.0 Å². The van der Waals surface area contributed by atoms with Crippen LogP contribution in [-0.4, -0.2) is 22.5 Å². The number of hydrogen-bond acceptors (Lipinski definition) is 6. The third-order valence-electron chi connectivity index (χ3n) is 2.16. The summed E-state index contributed by atoms with van der Waals surface area (Å²) in [7, 11) is 0. The highest BCUT2D eigenvalue weighted by Gasteiger charge is 2.14. The first-order valence-corrected chi connectivity index (χ1v) is 6.11. The molecule has 0 saturated heterocycles. The van der Waals surface area contributed by atoms with Gasteiger partial charge in [0.15, 0.2) is 5.69 Å². The molecule has 2 rings (SSSR count). The van der Waals surface area contributed by atoms with Gasteiger partial charge in [-0.3, -0.25) is 4.98 Å². The van der Waals surface area contributed by atoms with Crippen molar-refractivity contribution in [3.05, 3.63) is 35.1 Å². The van der Waals surface area contributed by atoms with Gasteiger partial charge in [0.2, 0.25) is 0 Å². The summed E-state index contributed by atoms with van der Waals surface area (Å²) in [5.41, 5.74) is 1.36. The van der Waals surface area contributed by atoms with Gasteiger partial charge in [0.05, 0.1) is 18.2 Å². The quantitative estimate of drug-likeness (QED) is 0.790. The maximum absolute atomic E-state index is 11.5. The van der Waals surface area contributed by atoms with Crippen LogP contribution >= 0.6 is 11.3 Å². The van der Waals surface area contributed by atoms with Crippen LogP contribution in [0.5, 0.6) is 0 Å². The van der Waals surface area contributed by atoms with Gasteiger partial charge in [-0.1, -0.05) is 0 Å². The van der Waals surface area contributed by atoms with E-state index in [0.717, 1.165) is 0 Å². The molecule has 18 heavy (non-hydrogen) atoms. The van der Waals surface area contributed by atoms with Gasteiger partial charge in [0, 0.05) is 23.3 Å². The molecule has 2 aromatic heterocycles. The lowest BCUT2D eigenvalue weighted by molar-refractivity contribution is 0.0520. The molecule has 0 amide bonds. The van der Waals surface area contributed by atoms with Gasteiger partial charge in [-0.2, -0.15) is 5.26 Å². The molecule has 5 nitrogen and oxygen atoms in total. The topological polar surface area (TPSA) is 75.9 Å². The van der Waals surface area contributed by atoms with Crippen LogP contribution in [0, 0.1) is 11.3 Å². The number of thiazole rings is 1. The highest BCUT2D eigenvalue weighted by molar-refractivity contribution is 7.13. The molecule has 0 saturated carbocycles. The number of aromatic nitrogens is 2. The van der Waals surface area contributed by atoms with Gasteiger partial charge in [0.25, 0.3) is 0 Å². The summed E-state index contributed by atoms with van der Waals surface area (Å²) in [4.78, 5) is 19.6. The van der Waals surface area contributed by atoms with Gasteiger partial charge >= 0.3 is 5.97 Å². The third kappa shape index (κ3) is 2.36. The van der Waals surface area contributed by atoms with Crippen LogP contribution in [0.1, 0.15) is 23.0 Å². The van der Waals surface area contributed by atoms with Crippen molar-refractivity contribution >= 4 is 17.3 Å². The monoisotopic (exact) mass is 259 g/mol. The van der Waals surface area contributed by atoms with Gasteiger partial charge in [0.1, 0.15) is 5.01 Å².